The van der Waals surface area contributed by atoms with Crippen molar-refractivity contribution in [3.8, 4) is 11.5 Å². The van der Waals surface area contributed by atoms with Gasteiger partial charge in [0.05, 0.1) is 0 Å². The number of hydrogen-bond donors (Lipinski definition) is 1. The Hall–Kier alpha value is -1.22. The van der Waals surface area contributed by atoms with Crippen LogP contribution in [0.5, 0.6) is 11.5 Å². The van der Waals surface area contributed by atoms with Gasteiger partial charge in [-0.3, -0.25) is 0 Å². The molecule has 2 N–H and O–H groups in total. The lowest BCUT2D eigenvalue weighted by Gasteiger charge is -2.13. The van der Waals surface area contributed by atoms with Gasteiger partial charge < -0.3 is 15.2 Å². The first kappa shape index (κ1) is 9.97. The summed E-state index contributed by atoms with van der Waals surface area (Å²) in [6.45, 7) is 1.15. The summed E-state index contributed by atoms with van der Waals surface area (Å²) in [6.07, 6.45) is 4.90. The van der Waals surface area contributed by atoms with Crippen molar-refractivity contribution in [1.29, 1.82) is 0 Å². The van der Waals surface area contributed by atoms with Crippen LogP contribution in [-0.4, -0.2) is 13.3 Å². The van der Waals surface area contributed by atoms with E-state index in [2.05, 4.69) is 12.1 Å². The van der Waals surface area contributed by atoms with E-state index in [-0.39, 0.29) is 0 Å². The van der Waals surface area contributed by atoms with Crippen molar-refractivity contribution in [2.24, 2.45) is 11.1 Å². The van der Waals surface area contributed by atoms with E-state index >= 15 is 0 Å². The second-order valence-corrected chi connectivity index (χ2v) is 4.90. The second kappa shape index (κ2) is 3.67. The van der Waals surface area contributed by atoms with Crippen molar-refractivity contribution in [3.63, 3.8) is 0 Å². The average Bonchev–Trinajstić information content (AvgIpc) is 2.87. The van der Waals surface area contributed by atoms with Crippen LogP contribution in [0.25, 0.3) is 0 Å². The molecule has 0 radical (unpaired) electrons. The minimum atomic E-state index is 0.354. The molecule has 1 aliphatic carbocycles. The molecule has 86 valence electrons. The predicted molar refractivity (Wildman–Crippen MR) is 61.6 cm³/mol. The molecule has 16 heavy (non-hydrogen) atoms. The van der Waals surface area contributed by atoms with E-state index in [9.17, 15) is 0 Å². The van der Waals surface area contributed by atoms with E-state index in [1.54, 1.807) is 0 Å². The molecule has 0 amide bonds. The lowest BCUT2D eigenvalue weighted by atomic mass is 9.93. The number of rotatable bonds is 4. The highest BCUT2D eigenvalue weighted by Crippen LogP contribution is 2.51. The third-order valence-electron chi connectivity index (χ3n) is 3.65. The van der Waals surface area contributed by atoms with Gasteiger partial charge in [0, 0.05) is 0 Å². The van der Waals surface area contributed by atoms with Crippen LogP contribution in [0, 0.1) is 5.41 Å². The highest BCUT2D eigenvalue weighted by atomic mass is 16.7. The third-order valence-corrected chi connectivity index (χ3v) is 3.65. The summed E-state index contributed by atoms with van der Waals surface area (Å²) in [5.41, 5.74) is 7.49. The monoisotopic (exact) mass is 219 g/mol. The molecule has 0 atom stereocenters. The topological polar surface area (TPSA) is 44.5 Å². The Morgan fingerprint density at radius 3 is 2.75 bits per heavy atom. The predicted octanol–water partition coefficient (Wildman–Crippen LogP) is 2.09. The lowest BCUT2D eigenvalue weighted by Crippen LogP contribution is -2.12. The molecule has 0 aromatic heterocycles. The summed E-state index contributed by atoms with van der Waals surface area (Å²) < 4.78 is 10.7. The van der Waals surface area contributed by atoms with Gasteiger partial charge in [-0.05, 0) is 55.3 Å². The van der Waals surface area contributed by atoms with Crippen molar-refractivity contribution >= 4 is 0 Å². The molecule has 3 nitrogen and oxygen atoms in total. The normalized spacial score (nSPS) is 19.8. The maximum Gasteiger partial charge on any atom is 0.231 e. The molecule has 1 aromatic carbocycles. The van der Waals surface area contributed by atoms with Crippen molar-refractivity contribution in [1.82, 2.24) is 0 Å². The minimum Gasteiger partial charge on any atom is -0.454 e. The lowest BCUT2D eigenvalue weighted by molar-refractivity contribution is 0.174. The zero-order valence-electron chi connectivity index (χ0n) is 9.37. The van der Waals surface area contributed by atoms with E-state index in [0.717, 1.165) is 30.9 Å². The molecule has 0 spiro atoms. The maximum absolute atomic E-state index is 5.65. The average molecular weight is 219 g/mol. The fourth-order valence-corrected chi connectivity index (χ4v) is 2.48. The Labute approximate surface area is 95.5 Å². The Morgan fingerprint density at radius 1 is 1.19 bits per heavy atom. The molecule has 3 rings (SSSR count). The first-order chi connectivity index (χ1) is 7.81. The fraction of sp³-hybridized carbons (Fsp3) is 0.538. The van der Waals surface area contributed by atoms with Crippen LogP contribution in [0.2, 0.25) is 0 Å². The third kappa shape index (κ3) is 1.76. The van der Waals surface area contributed by atoms with Gasteiger partial charge >= 0.3 is 0 Å². The van der Waals surface area contributed by atoms with Gasteiger partial charge in [0.15, 0.2) is 11.5 Å². The van der Waals surface area contributed by atoms with E-state index in [1.807, 2.05) is 6.07 Å². The van der Waals surface area contributed by atoms with Crippen molar-refractivity contribution in [2.45, 2.75) is 25.7 Å². The number of hydrogen-bond acceptors (Lipinski definition) is 3. The summed E-state index contributed by atoms with van der Waals surface area (Å²) in [5, 5.41) is 0. The molecule has 1 aromatic rings. The Balaban J connectivity index is 1.75. The van der Waals surface area contributed by atoms with E-state index < -0.39 is 0 Å². The quantitative estimate of drug-likeness (QED) is 0.843. The minimum absolute atomic E-state index is 0.354. The van der Waals surface area contributed by atoms with Crippen LogP contribution < -0.4 is 15.2 Å². The second-order valence-electron chi connectivity index (χ2n) is 4.90. The largest absolute Gasteiger partial charge is 0.454 e. The Morgan fingerprint density at radius 2 is 2.00 bits per heavy atom. The summed E-state index contributed by atoms with van der Waals surface area (Å²) in [7, 11) is 0. The van der Waals surface area contributed by atoms with Gasteiger partial charge in [0.1, 0.15) is 0 Å². The van der Waals surface area contributed by atoms with E-state index in [0.29, 0.717) is 12.2 Å². The van der Waals surface area contributed by atoms with Crippen LogP contribution in [0.4, 0.5) is 0 Å². The molecule has 1 aliphatic heterocycles. The standard InChI is InChI=1S/C13H17NO2/c14-6-5-13(3-4-13)8-10-1-2-11-12(7-10)16-9-15-11/h1-2,7H,3-6,8-9,14H2. The first-order valence-electron chi connectivity index (χ1n) is 5.90. The van der Waals surface area contributed by atoms with Gasteiger partial charge in [0.25, 0.3) is 0 Å². The Bertz CT molecular complexity index is 399. The van der Waals surface area contributed by atoms with Gasteiger partial charge in [-0.15, -0.1) is 0 Å². The van der Waals surface area contributed by atoms with Gasteiger partial charge in [0.2, 0.25) is 6.79 Å². The number of ether oxygens (including phenoxy) is 2. The highest BCUT2D eigenvalue weighted by Gasteiger charge is 2.41. The van der Waals surface area contributed by atoms with Crippen LogP contribution in [0.3, 0.4) is 0 Å². The van der Waals surface area contributed by atoms with Crippen molar-refractivity contribution in [3.05, 3.63) is 23.8 Å². The fourth-order valence-electron chi connectivity index (χ4n) is 2.48. The first-order valence-corrected chi connectivity index (χ1v) is 5.90. The number of fused-ring (bicyclic) bond motifs is 1. The molecular formula is C13H17NO2. The highest BCUT2D eigenvalue weighted by molar-refractivity contribution is 5.44. The summed E-state index contributed by atoms with van der Waals surface area (Å²) in [4.78, 5) is 0. The SMILES string of the molecule is NCCC1(Cc2ccc3c(c2)OCO3)CC1. The summed E-state index contributed by atoms with van der Waals surface area (Å²) in [5.74, 6) is 1.76. The summed E-state index contributed by atoms with van der Waals surface area (Å²) >= 11 is 0. The van der Waals surface area contributed by atoms with Gasteiger partial charge in [-0.2, -0.15) is 0 Å². The van der Waals surface area contributed by atoms with Gasteiger partial charge in [-0.1, -0.05) is 6.07 Å². The van der Waals surface area contributed by atoms with E-state index in [4.69, 9.17) is 15.2 Å². The van der Waals surface area contributed by atoms with Gasteiger partial charge in [-0.25, -0.2) is 0 Å². The molecule has 3 heteroatoms. The smallest absolute Gasteiger partial charge is 0.231 e. The van der Waals surface area contributed by atoms with Crippen LogP contribution in [0.15, 0.2) is 18.2 Å². The molecule has 1 heterocycles. The number of benzene rings is 1. The molecular weight excluding hydrogens is 202 g/mol. The summed E-state index contributed by atoms with van der Waals surface area (Å²) in [6, 6.07) is 6.26. The molecule has 1 saturated carbocycles. The molecule has 0 unspecified atom stereocenters. The van der Waals surface area contributed by atoms with Crippen LogP contribution in [0.1, 0.15) is 24.8 Å². The zero-order valence-corrected chi connectivity index (χ0v) is 9.37. The molecule has 2 aliphatic rings. The molecule has 0 saturated heterocycles. The maximum atomic E-state index is 5.65. The Kier molecular flexibility index (Phi) is 2.28. The van der Waals surface area contributed by atoms with E-state index in [1.165, 1.54) is 18.4 Å². The van der Waals surface area contributed by atoms with Crippen LogP contribution in [-0.2, 0) is 6.42 Å². The van der Waals surface area contributed by atoms with Crippen molar-refractivity contribution < 1.29 is 9.47 Å². The van der Waals surface area contributed by atoms with Crippen LogP contribution >= 0.6 is 0 Å². The molecule has 1 fully saturated rings. The van der Waals surface area contributed by atoms with Crippen molar-refractivity contribution in [2.75, 3.05) is 13.3 Å². The number of nitrogens with two attached hydrogens (primary N) is 1. The molecule has 0 bridgehead atoms. The zero-order chi connectivity index (χ0) is 11.0.